The van der Waals surface area contributed by atoms with Gasteiger partial charge in [0.05, 0.1) is 7.11 Å². The van der Waals surface area contributed by atoms with Gasteiger partial charge in [-0.1, -0.05) is 75.7 Å². The fraction of sp³-hybridized carbons (Fsp3) is 0.353. The van der Waals surface area contributed by atoms with E-state index in [-0.39, 0.29) is 18.0 Å². The van der Waals surface area contributed by atoms with Crippen LogP contribution in [-0.2, 0) is 16.6 Å². The lowest BCUT2D eigenvalue weighted by Crippen LogP contribution is -2.30. The van der Waals surface area contributed by atoms with Gasteiger partial charge in [-0.15, -0.1) is 0 Å². The van der Waals surface area contributed by atoms with E-state index in [0.29, 0.717) is 0 Å². The number of rotatable bonds is 8. The molecule has 0 fully saturated rings. The number of methoxy groups -OCH3 is 1. The third kappa shape index (κ3) is 7.60. The van der Waals surface area contributed by atoms with Gasteiger partial charge in [0, 0.05) is 35.1 Å². The Morgan fingerprint density at radius 1 is 0.974 bits per heavy atom. The van der Waals surface area contributed by atoms with Crippen molar-refractivity contribution < 1.29 is 9.47 Å². The van der Waals surface area contributed by atoms with Gasteiger partial charge in [-0.25, -0.2) is 0 Å². The number of ether oxygens (including phenoxy) is 2. The predicted molar refractivity (Wildman–Crippen MR) is 167 cm³/mol. The molecule has 0 radical (unpaired) electrons. The first-order valence-electron chi connectivity index (χ1n) is 13.9. The van der Waals surface area contributed by atoms with Crippen LogP contribution in [0.25, 0.3) is 0 Å². The number of aryl methyl sites for hydroxylation is 1. The number of hydrogen-bond acceptors (Lipinski definition) is 5. The molecular weight excluding hydrogens is 482 g/mol. The molecule has 0 saturated carbocycles. The van der Waals surface area contributed by atoms with Crippen LogP contribution in [0.5, 0.6) is 5.75 Å². The molecule has 0 bridgehead atoms. The number of allylic oxidation sites excluding steroid dienone is 2. The smallest absolute Gasteiger partial charge is 0.215 e. The minimum absolute atomic E-state index is 0.0963. The number of hydrogen-bond donors (Lipinski definition) is 1. The molecule has 0 aliphatic carbocycles. The van der Waals surface area contributed by atoms with Crippen molar-refractivity contribution in [1.29, 1.82) is 5.41 Å². The second-order valence-corrected chi connectivity index (χ2v) is 8.97. The Morgan fingerprint density at radius 2 is 1.64 bits per heavy atom. The normalized spacial score (nSPS) is 16.6. The van der Waals surface area contributed by atoms with Crippen LogP contribution in [0.4, 0.5) is 5.69 Å². The lowest BCUT2D eigenvalue weighted by molar-refractivity contribution is 0.317. The number of aliphatic imine (C=N–C) groups is 1. The highest BCUT2D eigenvalue weighted by Gasteiger charge is 2.43. The molecule has 0 amide bonds. The van der Waals surface area contributed by atoms with Gasteiger partial charge >= 0.3 is 0 Å². The van der Waals surface area contributed by atoms with Crippen molar-refractivity contribution in [1.82, 2.24) is 0 Å². The van der Waals surface area contributed by atoms with Crippen molar-refractivity contribution in [3.63, 3.8) is 0 Å². The van der Waals surface area contributed by atoms with Gasteiger partial charge in [0.1, 0.15) is 5.75 Å². The van der Waals surface area contributed by atoms with E-state index in [0.717, 1.165) is 24.3 Å². The Hall–Kier alpha value is -3.86. The molecule has 0 saturated heterocycles. The van der Waals surface area contributed by atoms with E-state index >= 15 is 0 Å². The first-order valence-corrected chi connectivity index (χ1v) is 13.9. The van der Waals surface area contributed by atoms with Crippen LogP contribution in [0.2, 0.25) is 0 Å². The molecule has 0 aromatic heterocycles. The van der Waals surface area contributed by atoms with Crippen LogP contribution in [0.15, 0.2) is 89.6 Å². The molecule has 208 valence electrons. The highest BCUT2D eigenvalue weighted by Crippen LogP contribution is 2.50. The zero-order valence-corrected chi connectivity index (χ0v) is 24.9. The second-order valence-electron chi connectivity index (χ2n) is 8.97. The van der Waals surface area contributed by atoms with Crippen molar-refractivity contribution in [2.45, 2.75) is 60.3 Å². The molecule has 1 aliphatic rings. The van der Waals surface area contributed by atoms with Crippen LogP contribution >= 0.6 is 0 Å². The lowest BCUT2D eigenvalue weighted by atomic mass is 9.76. The molecule has 1 unspecified atom stereocenters. The molecular formula is C34H45N3O2. The molecule has 1 atom stereocenters. The van der Waals surface area contributed by atoms with Crippen LogP contribution in [-0.4, -0.2) is 32.5 Å². The van der Waals surface area contributed by atoms with Gasteiger partial charge in [0.2, 0.25) is 5.90 Å². The minimum atomic E-state index is -0.251. The van der Waals surface area contributed by atoms with Gasteiger partial charge in [-0.2, -0.15) is 0 Å². The van der Waals surface area contributed by atoms with Gasteiger partial charge in [-0.05, 0) is 74.7 Å². The molecule has 4 rings (SSSR count). The first kappa shape index (κ1) is 31.4. The van der Waals surface area contributed by atoms with Crippen molar-refractivity contribution in [3.05, 3.63) is 107 Å². The van der Waals surface area contributed by atoms with Gasteiger partial charge in [0.25, 0.3) is 0 Å². The Morgan fingerprint density at radius 3 is 2.26 bits per heavy atom. The quantitative estimate of drug-likeness (QED) is 0.236. The maximum atomic E-state index is 8.09. The van der Waals surface area contributed by atoms with Crippen LogP contribution < -0.4 is 9.64 Å². The summed E-state index contributed by atoms with van der Waals surface area (Å²) >= 11 is 0. The molecule has 39 heavy (non-hydrogen) atoms. The molecule has 3 aromatic rings. The second kappa shape index (κ2) is 15.5. The number of likely N-dealkylation sites (N-methyl/N-ethyl adjacent to an activating group) is 1. The Balaban J connectivity index is 0.00000127. The minimum Gasteiger partial charge on any atom is -0.497 e. The standard InChI is InChI=1S/C30H33N3O2.2C2H6/c1-5-33-27-16-15-25(34-4)19-26(27)30(3,20-23-13-11-22(2)12-14-23)28(33)17-18-32-21-35-29(31)24-9-7-6-8-10-24;2*1-2/h6-19,31H,5,20-21H2,1-4H3;2*1-2H3/b28-17-,31-29?,32-18-;;. The number of benzene rings is 3. The van der Waals surface area contributed by atoms with E-state index < -0.39 is 0 Å². The van der Waals surface area contributed by atoms with Crippen LogP contribution in [0.1, 0.15) is 63.8 Å². The predicted octanol–water partition coefficient (Wildman–Crippen LogP) is 8.35. The van der Waals surface area contributed by atoms with E-state index in [9.17, 15) is 0 Å². The van der Waals surface area contributed by atoms with Crippen molar-refractivity contribution >= 4 is 17.8 Å². The Labute approximate surface area is 235 Å². The number of anilines is 1. The highest BCUT2D eigenvalue weighted by molar-refractivity contribution is 5.91. The highest BCUT2D eigenvalue weighted by atomic mass is 16.5. The largest absolute Gasteiger partial charge is 0.497 e. The monoisotopic (exact) mass is 527 g/mol. The summed E-state index contributed by atoms with van der Waals surface area (Å²) in [5, 5.41) is 8.09. The van der Waals surface area contributed by atoms with Gasteiger partial charge in [-0.3, -0.25) is 10.4 Å². The van der Waals surface area contributed by atoms with E-state index in [1.165, 1.54) is 28.1 Å². The van der Waals surface area contributed by atoms with E-state index in [4.69, 9.17) is 14.9 Å². The molecule has 5 nitrogen and oxygen atoms in total. The van der Waals surface area contributed by atoms with Gasteiger partial charge < -0.3 is 14.4 Å². The number of fused-ring (bicyclic) bond motifs is 1. The Bertz CT molecular complexity index is 1230. The summed E-state index contributed by atoms with van der Waals surface area (Å²) in [6, 6.07) is 24.5. The fourth-order valence-electron chi connectivity index (χ4n) is 4.74. The van der Waals surface area contributed by atoms with Crippen LogP contribution in [0.3, 0.4) is 0 Å². The summed E-state index contributed by atoms with van der Waals surface area (Å²) in [6.07, 6.45) is 4.74. The number of nitrogens with one attached hydrogen (secondary N) is 1. The van der Waals surface area contributed by atoms with Crippen molar-refractivity contribution in [2.24, 2.45) is 4.99 Å². The summed E-state index contributed by atoms with van der Waals surface area (Å²) in [7, 11) is 1.71. The molecule has 1 heterocycles. The average molecular weight is 528 g/mol. The zero-order valence-electron chi connectivity index (χ0n) is 24.9. The lowest BCUT2D eigenvalue weighted by Gasteiger charge is -2.30. The summed E-state index contributed by atoms with van der Waals surface area (Å²) in [4.78, 5) is 6.78. The molecule has 5 heteroatoms. The third-order valence-corrected chi connectivity index (χ3v) is 6.60. The number of nitrogens with zero attached hydrogens (tertiary/aromatic N) is 2. The zero-order chi connectivity index (χ0) is 28.8. The van der Waals surface area contributed by atoms with E-state index in [2.05, 4.69) is 73.1 Å². The van der Waals surface area contributed by atoms with Crippen molar-refractivity contribution in [3.8, 4) is 5.75 Å². The summed E-state index contributed by atoms with van der Waals surface area (Å²) in [5.74, 6) is 0.979. The fourth-order valence-corrected chi connectivity index (χ4v) is 4.74. The maximum Gasteiger partial charge on any atom is 0.215 e. The summed E-state index contributed by atoms with van der Waals surface area (Å²) in [6.45, 7) is 15.5. The van der Waals surface area contributed by atoms with Gasteiger partial charge in [0.15, 0.2) is 6.73 Å². The van der Waals surface area contributed by atoms with Crippen LogP contribution in [0, 0.1) is 12.3 Å². The Kier molecular flexibility index (Phi) is 12.5. The molecule has 1 N–H and O–H groups in total. The third-order valence-electron chi connectivity index (χ3n) is 6.60. The van der Waals surface area contributed by atoms with E-state index in [1.807, 2.05) is 64.1 Å². The summed E-state index contributed by atoms with van der Waals surface area (Å²) < 4.78 is 11.1. The van der Waals surface area contributed by atoms with E-state index in [1.54, 1.807) is 13.3 Å². The molecule has 0 spiro atoms. The van der Waals surface area contributed by atoms with Crippen molar-refractivity contribution in [2.75, 3.05) is 25.3 Å². The maximum absolute atomic E-state index is 8.09. The molecule has 3 aromatic carbocycles. The topological polar surface area (TPSA) is 57.9 Å². The summed E-state index contributed by atoms with van der Waals surface area (Å²) in [5.41, 5.74) is 6.66. The molecule has 1 aliphatic heterocycles. The SMILES string of the molecule is CC.CC.CCN1/C(=C\C=N/COC(=N)c2ccccc2)C(C)(Cc2ccc(C)cc2)c2cc(OC)ccc21. The first-order chi connectivity index (χ1) is 19.0. The average Bonchev–Trinajstić information content (AvgIpc) is 3.22.